The molecule has 0 aliphatic rings. The SMILES string of the molecule is COc1ccc(-c2n[nH]c(=O)cc2C#N)c(Cl)c1. The number of halogens is 1. The summed E-state index contributed by atoms with van der Waals surface area (Å²) in [6.07, 6.45) is 0. The summed E-state index contributed by atoms with van der Waals surface area (Å²) in [4.78, 5) is 11.1. The van der Waals surface area contributed by atoms with Crippen LogP contribution in [0.3, 0.4) is 0 Å². The van der Waals surface area contributed by atoms with Gasteiger partial charge in [0.2, 0.25) is 0 Å². The van der Waals surface area contributed by atoms with Crippen molar-refractivity contribution in [3.63, 3.8) is 0 Å². The van der Waals surface area contributed by atoms with E-state index >= 15 is 0 Å². The average Bonchev–Trinajstić information content (AvgIpc) is 2.39. The number of nitrogens with zero attached hydrogens (tertiary/aromatic N) is 2. The van der Waals surface area contributed by atoms with Crippen LogP contribution in [-0.4, -0.2) is 17.3 Å². The van der Waals surface area contributed by atoms with E-state index in [0.29, 0.717) is 22.0 Å². The second-order valence-corrected chi connectivity index (χ2v) is 3.86. The van der Waals surface area contributed by atoms with Crippen molar-refractivity contribution in [2.24, 2.45) is 0 Å². The number of benzene rings is 1. The lowest BCUT2D eigenvalue weighted by Crippen LogP contribution is -2.09. The maximum absolute atomic E-state index is 11.1. The molecule has 0 radical (unpaired) electrons. The average molecular weight is 262 g/mol. The first-order valence-corrected chi connectivity index (χ1v) is 5.37. The largest absolute Gasteiger partial charge is 0.497 e. The first-order chi connectivity index (χ1) is 8.65. The smallest absolute Gasteiger partial charge is 0.265 e. The Bertz CT molecular complexity index is 688. The minimum absolute atomic E-state index is 0.172. The van der Waals surface area contributed by atoms with Gasteiger partial charge < -0.3 is 4.74 Å². The molecule has 1 aromatic heterocycles. The predicted octanol–water partition coefficient (Wildman–Crippen LogP) is 1.97. The number of aromatic nitrogens is 2. The van der Waals surface area contributed by atoms with Crippen LogP contribution in [0.25, 0.3) is 11.3 Å². The highest BCUT2D eigenvalue weighted by atomic mass is 35.5. The van der Waals surface area contributed by atoms with Crippen molar-refractivity contribution < 1.29 is 4.74 Å². The van der Waals surface area contributed by atoms with Gasteiger partial charge in [0, 0.05) is 11.6 Å². The van der Waals surface area contributed by atoms with Crippen LogP contribution in [0.1, 0.15) is 5.56 Å². The molecule has 0 bridgehead atoms. The molecule has 0 fully saturated rings. The quantitative estimate of drug-likeness (QED) is 0.896. The highest BCUT2D eigenvalue weighted by molar-refractivity contribution is 6.33. The highest BCUT2D eigenvalue weighted by Crippen LogP contribution is 2.30. The van der Waals surface area contributed by atoms with Gasteiger partial charge in [-0.25, -0.2) is 5.10 Å². The molecule has 0 saturated carbocycles. The molecule has 5 nitrogen and oxygen atoms in total. The van der Waals surface area contributed by atoms with Crippen molar-refractivity contribution in [1.82, 2.24) is 10.2 Å². The zero-order valence-electron chi connectivity index (χ0n) is 9.40. The Morgan fingerprint density at radius 3 is 2.83 bits per heavy atom. The van der Waals surface area contributed by atoms with Crippen LogP contribution < -0.4 is 10.3 Å². The first kappa shape index (κ1) is 12.1. The standard InChI is InChI=1S/C12H8ClN3O2/c1-18-8-2-3-9(10(13)5-8)12-7(6-14)4-11(17)15-16-12/h2-5H,1H3,(H,15,17). The predicted molar refractivity (Wildman–Crippen MR) is 66.6 cm³/mol. The molecule has 0 amide bonds. The summed E-state index contributed by atoms with van der Waals surface area (Å²) in [6, 6.07) is 8.10. The third kappa shape index (κ3) is 2.19. The fourth-order valence-electron chi connectivity index (χ4n) is 1.51. The van der Waals surface area contributed by atoms with Gasteiger partial charge in [0.1, 0.15) is 17.5 Å². The van der Waals surface area contributed by atoms with Crippen molar-refractivity contribution in [2.75, 3.05) is 7.11 Å². The van der Waals surface area contributed by atoms with Gasteiger partial charge >= 0.3 is 0 Å². The van der Waals surface area contributed by atoms with E-state index in [1.807, 2.05) is 6.07 Å². The fourth-order valence-corrected chi connectivity index (χ4v) is 1.77. The van der Waals surface area contributed by atoms with Crippen LogP contribution >= 0.6 is 11.6 Å². The molecule has 0 aliphatic carbocycles. The molecule has 2 aromatic rings. The molecule has 0 spiro atoms. The minimum atomic E-state index is -0.431. The fraction of sp³-hybridized carbons (Fsp3) is 0.0833. The zero-order chi connectivity index (χ0) is 13.1. The van der Waals surface area contributed by atoms with Crippen LogP contribution in [0.2, 0.25) is 5.02 Å². The Morgan fingerprint density at radius 2 is 2.22 bits per heavy atom. The summed E-state index contributed by atoms with van der Waals surface area (Å²) in [5.74, 6) is 0.603. The van der Waals surface area contributed by atoms with E-state index in [-0.39, 0.29) is 5.56 Å². The molecule has 2 rings (SSSR count). The van der Waals surface area contributed by atoms with Crippen molar-refractivity contribution >= 4 is 11.6 Å². The van der Waals surface area contributed by atoms with E-state index < -0.39 is 5.56 Å². The summed E-state index contributed by atoms with van der Waals surface area (Å²) in [6.45, 7) is 0. The lowest BCUT2D eigenvalue weighted by Gasteiger charge is -2.06. The second-order valence-electron chi connectivity index (χ2n) is 3.45. The van der Waals surface area contributed by atoms with Gasteiger partial charge in [-0.15, -0.1) is 0 Å². The van der Waals surface area contributed by atoms with Gasteiger partial charge in [0.25, 0.3) is 5.56 Å². The van der Waals surface area contributed by atoms with Gasteiger partial charge in [-0.05, 0) is 18.2 Å². The Kier molecular flexibility index (Phi) is 3.31. The normalized spacial score (nSPS) is 9.83. The van der Waals surface area contributed by atoms with Crippen molar-refractivity contribution in [3.8, 4) is 23.1 Å². The molecule has 1 heterocycles. The number of ether oxygens (including phenoxy) is 1. The number of nitrogens with one attached hydrogen (secondary N) is 1. The second kappa shape index (κ2) is 4.90. The van der Waals surface area contributed by atoms with Crippen molar-refractivity contribution in [1.29, 1.82) is 5.26 Å². The van der Waals surface area contributed by atoms with Crippen LogP contribution in [0.4, 0.5) is 0 Å². The Hall–Kier alpha value is -2.32. The van der Waals surface area contributed by atoms with E-state index in [2.05, 4.69) is 10.2 Å². The third-order valence-electron chi connectivity index (χ3n) is 2.36. The van der Waals surface area contributed by atoms with E-state index in [0.717, 1.165) is 0 Å². The molecular formula is C12H8ClN3O2. The third-order valence-corrected chi connectivity index (χ3v) is 2.67. The lowest BCUT2D eigenvalue weighted by molar-refractivity contribution is 0.415. The molecule has 90 valence electrons. The Balaban J connectivity index is 2.63. The maximum atomic E-state index is 11.1. The number of nitriles is 1. The lowest BCUT2D eigenvalue weighted by atomic mass is 10.1. The number of H-pyrrole nitrogens is 1. The molecule has 0 atom stereocenters. The molecule has 6 heteroatoms. The summed E-state index contributed by atoms with van der Waals surface area (Å²) in [5, 5.41) is 15.5. The molecule has 1 aromatic carbocycles. The van der Waals surface area contributed by atoms with Crippen LogP contribution in [0.5, 0.6) is 5.75 Å². The molecule has 0 saturated heterocycles. The monoisotopic (exact) mass is 261 g/mol. The Labute approximate surface area is 108 Å². The number of hydrogen-bond donors (Lipinski definition) is 1. The van der Waals surface area contributed by atoms with E-state index in [1.54, 1.807) is 18.2 Å². The topological polar surface area (TPSA) is 78.8 Å². The van der Waals surface area contributed by atoms with Crippen LogP contribution in [-0.2, 0) is 0 Å². The summed E-state index contributed by atoms with van der Waals surface area (Å²) in [5.41, 5.74) is 0.640. The summed E-state index contributed by atoms with van der Waals surface area (Å²) in [7, 11) is 1.53. The van der Waals surface area contributed by atoms with Gasteiger partial charge in [0.05, 0.1) is 17.7 Å². The zero-order valence-corrected chi connectivity index (χ0v) is 10.2. The first-order valence-electron chi connectivity index (χ1n) is 4.99. The van der Waals surface area contributed by atoms with E-state index in [9.17, 15) is 4.79 Å². The number of hydrogen-bond acceptors (Lipinski definition) is 4. The molecule has 0 aliphatic heterocycles. The molecular weight excluding hydrogens is 254 g/mol. The highest BCUT2D eigenvalue weighted by Gasteiger charge is 2.12. The van der Waals surface area contributed by atoms with Gasteiger partial charge in [0.15, 0.2) is 0 Å². The van der Waals surface area contributed by atoms with Gasteiger partial charge in [-0.1, -0.05) is 11.6 Å². The van der Waals surface area contributed by atoms with Crippen molar-refractivity contribution in [3.05, 3.63) is 45.2 Å². The molecule has 1 N–H and O–H groups in total. The summed E-state index contributed by atoms with van der Waals surface area (Å²) >= 11 is 6.09. The molecule has 0 unspecified atom stereocenters. The van der Waals surface area contributed by atoms with Crippen molar-refractivity contribution in [2.45, 2.75) is 0 Å². The molecule has 18 heavy (non-hydrogen) atoms. The number of rotatable bonds is 2. The van der Waals surface area contributed by atoms with Gasteiger partial charge in [-0.2, -0.15) is 10.4 Å². The van der Waals surface area contributed by atoms with E-state index in [4.69, 9.17) is 21.6 Å². The maximum Gasteiger partial charge on any atom is 0.265 e. The Morgan fingerprint density at radius 1 is 1.44 bits per heavy atom. The number of aromatic amines is 1. The van der Waals surface area contributed by atoms with Gasteiger partial charge in [-0.3, -0.25) is 4.79 Å². The van der Waals surface area contributed by atoms with Crippen LogP contribution in [0.15, 0.2) is 29.1 Å². The number of methoxy groups -OCH3 is 1. The summed E-state index contributed by atoms with van der Waals surface area (Å²) < 4.78 is 5.03. The van der Waals surface area contributed by atoms with E-state index in [1.165, 1.54) is 13.2 Å². The van der Waals surface area contributed by atoms with Crippen LogP contribution in [0, 0.1) is 11.3 Å². The minimum Gasteiger partial charge on any atom is -0.497 e.